The molecule has 1 aromatic carbocycles. The third-order valence-electron chi connectivity index (χ3n) is 5.98. The van der Waals surface area contributed by atoms with E-state index in [1.807, 2.05) is 11.1 Å². The molecule has 1 aliphatic carbocycles. The lowest BCUT2D eigenvalue weighted by Crippen LogP contribution is -2.50. The Labute approximate surface area is 154 Å². The van der Waals surface area contributed by atoms with Gasteiger partial charge in [0.25, 0.3) is 5.91 Å². The molecule has 1 saturated heterocycles. The molecule has 0 radical (unpaired) electrons. The number of rotatable bonds is 3. The molecule has 4 rings (SSSR count). The molecule has 0 bridgehead atoms. The van der Waals surface area contributed by atoms with Gasteiger partial charge in [0.2, 0.25) is 0 Å². The van der Waals surface area contributed by atoms with Crippen LogP contribution in [0.25, 0.3) is 11.1 Å². The number of hydrogen-bond donors (Lipinski definition) is 2. The van der Waals surface area contributed by atoms with Crippen molar-refractivity contribution >= 4 is 5.91 Å². The minimum Gasteiger partial charge on any atom is -0.380 e. The summed E-state index contributed by atoms with van der Waals surface area (Å²) in [6, 6.07) is 8.46. The Hall–Kier alpha value is -2.14. The highest BCUT2D eigenvalue weighted by molar-refractivity contribution is 5.85. The van der Waals surface area contributed by atoms with E-state index in [2.05, 4.69) is 41.4 Å². The maximum absolute atomic E-state index is 12.9. The third kappa shape index (κ3) is 3.16. The van der Waals surface area contributed by atoms with Crippen molar-refractivity contribution in [3.05, 3.63) is 41.7 Å². The number of hydrogen-bond acceptors (Lipinski definition) is 3. The van der Waals surface area contributed by atoms with Gasteiger partial charge in [0, 0.05) is 30.3 Å². The number of aromatic amines is 1. The SMILES string of the molecule is Cc1ccc(-c2cn[nH]c2C2CCCN(C(=O)C3(O)CCCC3)C2)cc1. The molecule has 5 nitrogen and oxygen atoms in total. The number of nitrogens with one attached hydrogen (secondary N) is 1. The van der Waals surface area contributed by atoms with Crippen molar-refractivity contribution < 1.29 is 9.90 Å². The van der Waals surface area contributed by atoms with Gasteiger partial charge in [-0.2, -0.15) is 5.10 Å². The summed E-state index contributed by atoms with van der Waals surface area (Å²) in [4.78, 5) is 14.8. The van der Waals surface area contributed by atoms with Gasteiger partial charge in [0.15, 0.2) is 0 Å². The van der Waals surface area contributed by atoms with Gasteiger partial charge in [0.1, 0.15) is 5.60 Å². The zero-order valence-corrected chi connectivity index (χ0v) is 15.4. The molecule has 2 aromatic rings. The van der Waals surface area contributed by atoms with E-state index in [-0.39, 0.29) is 11.8 Å². The molecule has 26 heavy (non-hydrogen) atoms. The van der Waals surface area contributed by atoms with Gasteiger partial charge in [-0.1, -0.05) is 29.8 Å². The lowest BCUT2D eigenvalue weighted by molar-refractivity contribution is -0.152. The standard InChI is InChI=1S/C21H27N3O2/c1-15-6-8-16(9-7-15)18-13-22-23-19(18)17-5-4-12-24(14-17)20(25)21(26)10-2-3-11-21/h6-9,13,17,26H,2-5,10-12,14H2,1H3,(H,22,23). The highest BCUT2D eigenvalue weighted by Crippen LogP contribution is 2.36. The highest BCUT2D eigenvalue weighted by atomic mass is 16.3. The fourth-order valence-corrected chi connectivity index (χ4v) is 4.44. The summed E-state index contributed by atoms with van der Waals surface area (Å²) in [6.45, 7) is 3.48. The fourth-order valence-electron chi connectivity index (χ4n) is 4.44. The molecule has 1 atom stereocenters. The minimum absolute atomic E-state index is 0.0731. The average molecular weight is 353 g/mol. The van der Waals surface area contributed by atoms with Crippen LogP contribution < -0.4 is 0 Å². The number of aromatic nitrogens is 2. The number of likely N-dealkylation sites (tertiary alicyclic amines) is 1. The molecule has 138 valence electrons. The Bertz CT molecular complexity index is 775. The van der Waals surface area contributed by atoms with E-state index < -0.39 is 5.60 Å². The number of aryl methyl sites for hydroxylation is 1. The first-order valence-corrected chi connectivity index (χ1v) is 9.69. The molecule has 0 spiro atoms. The predicted octanol–water partition coefficient (Wildman–Crippen LogP) is 3.40. The zero-order chi connectivity index (χ0) is 18.1. The predicted molar refractivity (Wildman–Crippen MR) is 101 cm³/mol. The monoisotopic (exact) mass is 353 g/mol. The van der Waals surface area contributed by atoms with Crippen molar-refractivity contribution in [2.75, 3.05) is 13.1 Å². The van der Waals surface area contributed by atoms with Gasteiger partial charge in [-0.15, -0.1) is 0 Å². The molecular weight excluding hydrogens is 326 g/mol. The molecule has 1 amide bonds. The Morgan fingerprint density at radius 3 is 2.69 bits per heavy atom. The van der Waals surface area contributed by atoms with Crippen molar-refractivity contribution in [2.45, 2.75) is 57.0 Å². The second kappa shape index (κ2) is 6.88. The lowest BCUT2D eigenvalue weighted by Gasteiger charge is -2.36. The van der Waals surface area contributed by atoms with Crippen LogP contribution in [0.3, 0.4) is 0 Å². The van der Waals surface area contributed by atoms with Crippen LogP contribution in [0.1, 0.15) is 55.7 Å². The number of nitrogens with zero attached hydrogens (tertiary/aromatic N) is 2. The summed E-state index contributed by atoms with van der Waals surface area (Å²) in [6.07, 6.45) is 6.96. The van der Waals surface area contributed by atoms with E-state index >= 15 is 0 Å². The summed E-state index contributed by atoms with van der Waals surface area (Å²) in [5, 5.41) is 18.1. The first-order valence-electron chi connectivity index (χ1n) is 9.69. The summed E-state index contributed by atoms with van der Waals surface area (Å²) < 4.78 is 0. The number of amides is 1. The van der Waals surface area contributed by atoms with Crippen LogP contribution in [-0.4, -0.2) is 44.8 Å². The van der Waals surface area contributed by atoms with Crippen LogP contribution in [0.2, 0.25) is 0 Å². The van der Waals surface area contributed by atoms with Crippen molar-refractivity contribution in [3.63, 3.8) is 0 Å². The molecular formula is C21H27N3O2. The van der Waals surface area contributed by atoms with Crippen LogP contribution in [-0.2, 0) is 4.79 Å². The van der Waals surface area contributed by atoms with Crippen LogP contribution in [0.15, 0.2) is 30.5 Å². The van der Waals surface area contributed by atoms with Gasteiger partial charge in [-0.25, -0.2) is 0 Å². The molecule has 2 heterocycles. The van der Waals surface area contributed by atoms with E-state index in [1.165, 1.54) is 5.56 Å². The number of aliphatic hydroxyl groups is 1. The van der Waals surface area contributed by atoms with E-state index in [0.717, 1.165) is 49.0 Å². The lowest BCUT2D eigenvalue weighted by atomic mass is 9.89. The summed E-state index contributed by atoms with van der Waals surface area (Å²) in [7, 11) is 0. The largest absolute Gasteiger partial charge is 0.380 e. The van der Waals surface area contributed by atoms with Gasteiger partial charge in [-0.3, -0.25) is 9.89 Å². The Kier molecular flexibility index (Phi) is 4.57. The van der Waals surface area contributed by atoms with Crippen molar-refractivity contribution in [2.24, 2.45) is 0 Å². The van der Waals surface area contributed by atoms with Crippen molar-refractivity contribution in [1.82, 2.24) is 15.1 Å². The Balaban J connectivity index is 1.55. The topological polar surface area (TPSA) is 69.2 Å². The second-order valence-corrected chi connectivity index (χ2v) is 7.89. The molecule has 5 heteroatoms. The maximum atomic E-state index is 12.9. The third-order valence-corrected chi connectivity index (χ3v) is 5.98. The summed E-state index contributed by atoms with van der Waals surface area (Å²) in [5.74, 6) is 0.160. The van der Waals surface area contributed by atoms with Gasteiger partial charge >= 0.3 is 0 Å². The maximum Gasteiger partial charge on any atom is 0.254 e. The number of piperidine rings is 1. The van der Waals surface area contributed by atoms with Gasteiger partial charge in [0.05, 0.1) is 6.20 Å². The smallest absolute Gasteiger partial charge is 0.254 e. The van der Waals surface area contributed by atoms with Gasteiger partial charge < -0.3 is 10.0 Å². The zero-order valence-electron chi connectivity index (χ0n) is 15.4. The summed E-state index contributed by atoms with van der Waals surface area (Å²) >= 11 is 0. The first kappa shape index (κ1) is 17.3. The number of carbonyl (C=O) groups is 1. The number of carbonyl (C=O) groups excluding carboxylic acids is 1. The van der Waals surface area contributed by atoms with Crippen molar-refractivity contribution in [1.29, 1.82) is 0 Å². The first-order chi connectivity index (χ1) is 12.6. The molecule has 2 fully saturated rings. The second-order valence-electron chi connectivity index (χ2n) is 7.89. The average Bonchev–Trinajstić information content (AvgIpc) is 3.32. The molecule has 1 aliphatic heterocycles. The van der Waals surface area contributed by atoms with Crippen LogP contribution in [0.4, 0.5) is 0 Å². The van der Waals surface area contributed by atoms with Crippen molar-refractivity contribution in [3.8, 4) is 11.1 Å². The van der Waals surface area contributed by atoms with Crippen LogP contribution >= 0.6 is 0 Å². The number of benzene rings is 1. The minimum atomic E-state index is -1.13. The summed E-state index contributed by atoms with van der Waals surface area (Å²) in [5.41, 5.74) is 3.47. The Morgan fingerprint density at radius 2 is 1.96 bits per heavy atom. The van der Waals surface area contributed by atoms with E-state index in [1.54, 1.807) is 0 Å². The highest BCUT2D eigenvalue weighted by Gasteiger charge is 2.42. The molecule has 1 saturated carbocycles. The van der Waals surface area contributed by atoms with Crippen LogP contribution in [0.5, 0.6) is 0 Å². The molecule has 2 N–H and O–H groups in total. The number of H-pyrrole nitrogens is 1. The molecule has 2 aliphatic rings. The molecule has 1 aromatic heterocycles. The van der Waals surface area contributed by atoms with E-state index in [9.17, 15) is 9.90 Å². The molecule has 1 unspecified atom stereocenters. The normalized spacial score (nSPS) is 22.5. The van der Waals surface area contributed by atoms with Gasteiger partial charge in [-0.05, 0) is 51.0 Å². The fraction of sp³-hybridized carbons (Fsp3) is 0.524. The quantitative estimate of drug-likeness (QED) is 0.888. The van der Waals surface area contributed by atoms with E-state index in [0.29, 0.717) is 19.4 Å². The Morgan fingerprint density at radius 1 is 1.23 bits per heavy atom. The van der Waals surface area contributed by atoms with E-state index in [4.69, 9.17) is 0 Å². The van der Waals surface area contributed by atoms with Crippen LogP contribution in [0, 0.1) is 6.92 Å².